The van der Waals surface area contributed by atoms with Gasteiger partial charge in [-0.3, -0.25) is 4.90 Å². The summed E-state index contributed by atoms with van der Waals surface area (Å²) < 4.78 is 5.43. The Morgan fingerprint density at radius 1 is 1.42 bits per heavy atom. The highest BCUT2D eigenvalue weighted by Crippen LogP contribution is 2.14. The van der Waals surface area contributed by atoms with Gasteiger partial charge >= 0.3 is 5.97 Å². The lowest BCUT2D eigenvalue weighted by Gasteiger charge is -2.23. The molecule has 0 radical (unpaired) electrons. The Balaban J connectivity index is 2.09. The van der Waals surface area contributed by atoms with Gasteiger partial charge in [0.15, 0.2) is 0 Å². The third-order valence-corrected chi connectivity index (χ3v) is 3.32. The van der Waals surface area contributed by atoms with Crippen LogP contribution in [-0.2, 0) is 11.3 Å². The minimum Gasteiger partial charge on any atom is -0.478 e. The number of aliphatic hydroxyl groups is 1. The molecule has 1 aromatic rings. The number of hydrogen-bond acceptors (Lipinski definition) is 4. The highest BCUT2D eigenvalue weighted by atomic mass is 16.5. The van der Waals surface area contributed by atoms with Gasteiger partial charge in [0.25, 0.3) is 0 Å². The number of carbonyl (C=O) groups is 1. The maximum absolute atomic E-state index is 11.2. The number of rotatable bonds is 4. The van der Waals surface area contributed by atoms with Gasteiger partial charge in [-0.2, -0.15) is 0 Å². The predicted molar refractivity (Wildman–Crippen MR) is 70.1 cm³/mol. The summed E-state index contributed by atoms with van der Waals surface area (Å²) >= 11 is 0. The van der Waals surface area contributed by atoms with E-state index in [1.807, 2.05) is 12.1 Å². The summed E-state index contributed by atoms with van der Waals surface area (Å²) in [5.74, 6) is -0.806. The van der Waals surface area contributed by atoms with Crippen molar-refractivity contribution in [2.75, 3.05) is 32.9 Å². The van der Waals surface area contributed by atoms with E-state index in [0.29, 0.717) is 25.3 Å². The van der Waals surface area contributed by atoms with E-state index in [1.165, 1.54) is 0 Å². The highest BCUT2D eigenvalue weighted by molar-refractivity contribution is 5.89. The van der Waals surface area contributed by atoms with Crippen LogP contribution < -0.4 is 0 Å². The average molecular weight is 265 g/mol. The lowest BCUT2D eigenvalue weighted by atomic mass is 10.1. The first-order chi connectivity index (χ1) is 9.20. The van der Waals surface area contributed by atoms with E-state index in [9.17, 15) is 9.90 Å². The molecular formula is C14H19NO4. The monoisotopic (exact) mass is 265 g/mol. The Kier molecular flexibility index (Phi) is 4.90. The third kappa shape index (κ3) is 3.76. The Hall–Kier alpha value is -1.43. The average Bonchev–Trinajstić information content (AvgIpc) is 2.64. The second kappa shape index (κ2) is 6.65. The maximum atomic E-state index is 11.2. The number of carboxylic acid groups (broad SMARTS) is 1. The summed E-state index contributed by atoms with van der Waals surface area (Å²) in [5, 5.41) is 18.4. The molecule has 0 unspecified atom stereocenters. The van der Waals surface area contributed by atoms with Crippen molar-refractivity contribution in [1.82, 2.24) is 4.90 Å². The molecule has 0 spiro atoms. The smallest absolute Gasteiger partial charge is 0.336 e. The number of hydrogen-bond donors (Lipinski definition) is 2. The molecule has 5 heteroatoms. The van der Waals surface area contributed by atoms with Crippen molar-refractivity contribution in [3.8, 4) is 0 Å². The molecule has 1 atom stereocenters. The molecule has 0 amide bonds. The summed E-state index contributed by atoms with van der Waals surface area (Å²) in [7, 11) is 0. The van der Waals surface area contributed by atoms with Gasteiger partial charge in [0.1, 0.15) is 0 Å². The summed E-state index contributed by atoms with van der Waals surface area (Å²) in [6.45, 7) is 3.33. The predicted octanol–water partition coefficient (Wildman–Crippen LogP) is 0.826. The Morgan fingerprint density at radius 3 is 2.95 bits per heavy atom. The molecule has 2 N–H and O–H groups in total. The molecule has 0 saturated carbocycles. The van der Waals surface area contributed by atoms with Crippen molar-refractivity contribution >= 4 is 5.97 Å². The first kappa shape index (κ1) is 14.0. The molecule has 1 saturated heterocycles. The van der Waals surface area contributed by atoms with Crippen LogP contribution >= 0.6 is 0 Å². The lowest BCUT2D eigenvalue weighted by Crippen LogP contribution is -2.31. The summed E-state index contributed by atoms with van der Waals surface area (Å²) in [4.78, 5) is 13.3. The van der Waals surface area contributed by atoms with E-state index in [0.717, 1.165) is 18.7 Å². The molecule has 19 heavy (non-hydrogen) atoms. The topological polar surface area (TPSA) is 70.0 Å². The van der Waals surface area contributed by atoms with Crippen LogP contribution in [0.3, 0.4) is 0 Å². The number of carboxylic acids is 1. The Labute approximate surface area is 112 Å². The molecule has 1 fully saturated rings. The molecule has 0 aliphatic carbocycles. The van der Waals surface area contributed by atoms with Crippen molar-refractivity contribution in [1.29, 1.82) is 0 Å². The van der Waals surface area contributed by atoms with Gasteiger partial charge in [0, 0.05) is 32.2 Å². The van der Waals surface area contributed by atoms with Crippen molar-refractivity contribution in [2.45, 2.75) is 6.54 Å². The van der Waals surface area contributed by atoms with Gasteiger partial charge in [-0.25, -0.2) is 4.79 Å². The number of benzene rings is 1. The van der Waals surface area contributed by atoms with Crippen LogP contribution in [0.5, 0.6) is 0 Å². The highest BCUT2D eigenvalue weighted by Gasteiger charge is 2.19. The number of ether oxygens (including phenoxy) is 1. The molecule has 104 valence electrons. The SMILES string of the molecule is O=C(O)c1ccccc1CN1CCOC[C@@H](CO)C1. The lowest BCUT2D eigenvalue weighted by molar-refractivity contribution is 0.0694. The van der Waals surface area contributed by atoms with Crippen LogP contribution in [-0.4, -0.2) is 54.0 Å². The molecule has 5 nitrogen and oxygen atoms in total. The molecular weight excluding hydrogens is 246 g/mol. The van der Waals surface area contributed by atoms with Gasteiger partial charge in [-0.1, -0.05) is 18.2 Å². The molecule has 0 bridgehead atoms. The van der Waals surface area contributed by atoms with Crippen LogP contribution in [0.25, 0.3) is 0 Å². The standard InChI is InChI=1S/C14H19NO4/c16-9-11-7-15(5-6-19-10-11)8-12-3-1-2-4-13(12)14(17)18/h1-4,11,16H,5-10H2,(H,17,18)/t11-/m1/s1. The fourth-order valence-corrected chi connectivity index (χ4v) is 2.31. The van der Waals surface area contributed by atoms with E-state index in [-0.39, 0.29) is 12.5 Å². The Bertz CT molecular complexity index is 435. The number of nitrogens with zero attached hydrogens (tertiary/aromatic N) is 1. The number of aliphatic hydroxyl groups excluding tert-OH is 1. The number of aromatic carboxylic acids is 1. The van der Waals surface area contributed by atoms with E-state index >= 15 is 0 Å². The van der Waals surface area contributed by atoms with Crippen LogP contribution in [0.4, 0.5) is 0 Å². The van der Waals surface area contributed by atoms with Crippen LogP contribution in [0.2, 0.25) is 0 Å². The largest absolute Gasteiger partial charge is 0.478 e. The van der Waals surface area contributed by atoms with E-state index in [2.05, 4.69) is 4.90 Å². The first-order valence-corrected chi connectivity index (χ1v) is 6.43. The Morgan fingerprint density at radius 2 is 2.21 bits per heavy atom. The minimum atomic E-state index is -0.902. The molecule has 1 aliphatic heterocycles. The molecule has 0 aromatic heterocycles. The van der Waals surface area contributed by atoms with Crippen LogP contribution in [0, 0.1) is 5.92 Å². The van der Waals surface area contributed by atoms with Gasteiger partial charge in [-0.15, -0.1) is 0 Å². The maximum Gasteiger partial charge on any atom is 0.336 e. The van der Waals surface area contributed by atoms with Gasteiger partial charge in [-0.05, 0) is 11.6 Å². The second-order valence-corrected chi connectivity index (χ2v) is 4.82. The normalized spacial score (nSPS) is 21.0. The van der Waals surface area contributed by atoms with E-state index < -0.39 is 5.97 Å². The van der Waals surface area contributed by atoms with Crippen LogP contribution in [0.15, 0.2) is 24.3 Å². The first-order valence-electron chi connectivity index (χ1n) is 6.43. The zero-order valence-electron chi connectivity index (χ0n) is 10.8. The quantitative estimate of drug-likeness (QED) is 0.843. The van der Waals surface area contributed by atoms with Crippen molar-refractivity contribution in [3.05, 3.63) is 35.4 Å². The molecule has 2 rings (SSSR count). The van der Waals surface area contributed by atoms with Gasteiger partial charge in [0.05, 0.1) is 18.8 Å². The minimum absolute atomic E-state index is 0.0943. The molecule has 1 aromatic carbocycles. The molecule has 1 aliphatic rings. The zero-order valence-corrected chi connectivity index (χ0v) is 10.8. The van der Waals surface area contributed by atoms with Crippen molar-refractivity contribution < 1.29 is 19.7 Å². The van der Waals surface area contributed by atoms with Crippen molar-refractivity contribution in [3.63, 3.8) is 0 Å². The van der Waals surface area contributed by atoms with Gasteiger partial charge < -0.3 is 14.9 Å². The van der Waals surface area contributed by atoms with Crippen molar-refractivity contribution in [2.24, 2.45) is 5.92 Å². The summed E-state index contributed by atoms with van der Waals surface area (Å²) in [5.41, 5.74) is 1.14. The molecule has 1 heterocycles. The van der Waals surface area contributed by atoms with Crippen LogP contribution in [0.1, 0.15) is 15.9 Å². The fraction of sp³-hybridized carbons (Fsp3) is 0.500. The third-order valence-electron chi connectivity index (χ3n) is 3.32. The second-order valence-electron chi connectivity index (χ2n) is 4.82. The fourth-order valence-electron chi connectivity index (χ4n) is 2.31. The van der Waals surface area contributed by atoms with E-state index in [4.69, 9.17) is 9.84 Å². The summed E-state index contributed by atoms with van der Waals surface area (Å²) in [6.07, 6.45) is 0. The summed E-state index contributed by atoms with van der Waals surface area (Å²) in [6, 6.07) is 7.04. The zero-order chi connectivity index (χ0) is 13.7. The van der Waals surface area contributed by atoms with E-state index in [1.54, 1.807) is 12.1 Å². The van der Waals surface area contributed by atoms with Gasteiger partial charge in [0.2, 0.25) is 0 Å².